The molecular weight excluding hydrogens is 204 g/mol. The number of nitrogens with one attached hydrogen (secondary N) is 1. The fourth-order valence-corrected chi connectivity index (χ4v) is 1.64. The van der Waals surface area contributed by atoms with Crippen LogP contribution in [-0.4, -0.2) is 28.0 Å². The van der Waals surface area contributed by atoms with Gasteiger partial charge in [0, 0.05) is 11.4 Å². The predicted molar refractivity (Wildman–Crippen MR) is 49.6 cm³/mol. The van der Waals surface area contributed by atoms with Crippen LogP contribution in [0.2, 0.25) is 0 Å². The van der Waals surface area contributed by atoms with Crippen LogP contribution >= 0.6 is 11.3 Å². The summed E-state index contributed by atoms with van der Waals surface area (Å²) in [5.74, 6) is -1.38. The SMILES string of the molecule is O=C(O)c1csc(C(=O)NC2CC2)n1. The van der Waals surface area contributed by atoms with Gasteiger partial charge >= 0.3 is 5.97 Å². The third-order valence-electron chi connectivity index (χ3n) is 1.83. The molecule has 1 saturated carbocycles. The van der Waals surface area contributed by atoms with E-state index >= 15 is 0 Å². The number of carbonyl (C=O) groups is 2. The van der Waals surface area contributed by atoms with E-state index in [0.29, 0.717) is 0 Å². The molecule has 1 aliphatic carbocycles. The van der Waals surface area contributed by atoms with Crippen LogP contribution in [0.1, 0.15) is 33.1 Å². The van der Waals surface area contributed by atoms with Crippen molar-refractivity contribution < 1.29 is 14.7 Å². The van der Waals surface area contributed by atoms with Gasteiger partial charge in [-0.3, -0.25) is 4.79 Å². The highest BCUT2D eigenvalue weighted by Crippen LogP contribution is 2.20. The quantitative estimate of drug-likeness (QED) is 0.774. The van der Waals surface area contributed by atoms with Crippen molar-refractivity contribution >= 4 is 23.2 Å². The Kier molecular flexibility index (Phi) is 2.20. The summed E-state index contributed by atoms with van der Waals surface area (Å²) in [5, 5.41) is 12.9. The number of amides is 1. The van der Waals surface area contributed by atoms with E-state index in [0.717, 1.165) is 24.2 Å². The van der Waals surface area contributed by atoms with Crippen molar-refractivity contribution in [1.82, 2.24) is 10.3 Å². The Morgan fingerprint density at radius 3 is 2.79 bits per heavy atom. The number of aromatic carboxylic acids is 1. The summed E-state index contributed by atoms with van der Waals surface area (Å²) in [5.41, 5.74) is -0.0732. The molecular formula is C8H8N2O3S. The van der Waals surface area contributed by atoms with Crippen molar-refractivity contribution in [2.45, 2.75) is 18.9 Å². The van der Waals surface area contributed by atoms with Crippen molar-refractivity contribution in [1.29, 1.82) is 0 Å². The van der Waals surface area contributed by atoms with E-state index in [4.69, 9.17) is 5.11 Å². The monoisotopic (exact) mass is 212 g/mol. The van der Waals surface area contributed by atoms with Gasteiger partial charge in [0.1, 0.15) is 0 Å². The molecule has 1 amide bonds. The minimum atomic E-state index is -1.10. The zero-order valence-electron chi connectivity index (χ0n) is 7.19. The Morgan fingerprint density at radius 1 is 1.57 bits per heavy atom. The molecule has 1 aromatic heterocycles. The first kappa shape index (κ1) is 9.14. The number of thiazole rings is 1. The van der Waals surface area contributed by atoms with E-state index in [-0.39, 0.29) is 22.7 Å². The van der Waals surface area contributed by atoms with E-state index in [1.165, 1.54) is 5.38 Å². The van der Waals surface area contributed by atoms with Crippen molar-refractivity contribution in [3.05, 3.63) is 16.1 Å². The summed E-state index contributed by atoms with van der Waals surface area (Å²) < 4.78 is 0. The second-order valence-corrected chi connectivity index (χ2v) is 3.95. The minimum Gasteiger partial charge on any atom is -0.476 e. The number of hydrogen-bond acceptors (Lipinski definition) is 4. The summed E-state index contributed by atoms with van der Waals surface area (Å²) in [6.07, 6.45) is 2.01. The fraction of sp³-hybridized carbons (Fsp3) is 0.375. The van der Waals surface area contributed by atoms with Gasteiger partial charge in [0.2, 0.25) is 0 Å². The number of rotatable bonds is 3. The van der Waals surface area contributed by atoms with Crippen LogP contribution in [0, 0.1) is 0 Å². The molecule has 1 heterocycles. The third kappa shape index (κ3) is 1.90. The molecule has 0 spiro atoms. The molecule has 0 atom stereocenters. The molecule has 0 bridgehead atoms. The summed E-state index contributed by atoms with van der Waals surface area (Å²) in [6.45, 7) is 0. The highest BCUT2D eigenvalue weighted by Gasteiger charge is 2.25. The lowest BCUT2D eigenvalue weighted by molar-refractivity contribution is 0.0691. The molecule has 1 fully saturated rings. The first-order valence-corrected chi connectivity index (χ1v) is 5.04. The zero-order chi connectivity index (χ0) is 10.1. The number of carboxylic acid groups (broad SMARTS) is 1. The van der Waals surface area contributed by atoms with Crippen molar-refractivity contribution in [2.24, 2.45) is 0 Å². The lowest BCUT2D eigenvalue weighted by atomic mass is 10.5. The van der Waals surface area contributed by atoms with Gasteiger partial charge in [0.25, 0.3) is 5.91 Å². The molecule has 0 aromatic carbocycles. The summed E-state index contributed by atoms with van der Waals surface area (Å²) in [7, 11) is 0. The molecule has 2 rings (SSSR count). The molecule has 14 heavy (non-hydrogen) atoms. The van der Waals surface area contributed by atoms with Crippen LogP contribution < -0.4 is 5.32 Å². The molecule has 0 aliphatic heterocycles. The first-order chi connectivity index (χ1) is 6.66. The maximum Gasteiger partial charge on any atom is 0.355 e. The van der Waals surface area contributed by atoms with Crippen LogP contribution in [0.4, 0.5) is 0 Å². The van der Waals surface area contributed by atoms with Gasteiger partial charge in [0.15, 0.2) is 10.7 Å². The zero-order valence-corrected chi connectivity index (χ0v) is 8.00. The lowest BCUT2D eigenvalue weighted by Gasteiger charge is -1.97. The number of carboxylic acids is 1. The van der Waals surface area contributed by atoms with Gasteiger partial charge in [-0.15, -0.1) is 11.3 Å². The molecule has 0 saturated heterocycles. The maximum atomic E-state index is 11.4. The predicted octanol–water partition coefficient (Wildman–Crippen LogP) is 0.734. The van der Waals surface area contributed by atoms with E-state index in [9.17, 15) is 9.59 Å². The van der Waals surface area contributed by atoms with Crippen LogP contribution in [0.5, 0.6) is 0 Å². The number of hydrogen-bond donors (Lipinski definition) is 2. The number of aromatic nitrogens is 1. The van der Waals surface area contributed by atoms with Gasteiger partial charge in [-0.2, -0.15) is 0 Å². The normalized spacial score (nSPS) is 15.1. The number of nitrogens with zero attached hydrogens (tertiary/aromatic N) is 1. The van der Waals surface area contributed by atoms with Crippen LogP contribution in [0.15, 0.2) is 5.38 Å². The molecule has 0 unspecified atom stereocenters. The molecule has 1 aliphatic rings. The summed E-state index contributed by atoms with van der Waals surface area (Å²) in [6, 6.07) is 0.264. The Hall–Kier alpha value is -1.43. The fourth-order valence-electron chi connectivity index (χ4n) is 0.951. The topological polar surface area (TPSA) is 79.3 Å². The standard InChI is InChI=1S/C8H8N2O3S/c11-6(9-4-1-2-4)7-10-5(3-14-7)8(12)13/h3-4H,1-2H2,(H,9,11)(H,12,13). The summed E-state index contributed by atoms with van der Waals surface area (Å²) in [4.78, 5) is 25.6. The smallest absolute Gasteiger partial charge is 0.355 e. The molecule has 74 valence electrons. The van der Waals surface area contributed by atoms with Crippen LogP contribution in [-0.2, 0) is 0 Å². The molecule has 1 aromatic rings. The Labute approximate surface area is 83.8 Å². The molecule has 2 N–H and O–H groups in total. The molecule has 0 radical (unpaired) electrons. The largest absolute Gasteiger partial charge is 0.476 e. The van der Waals surface area contributed by atoms with Crippen LogP contribution in [0.3, 0.4) is 0 Å². The van der Waals surface area contributed by atoms with E-state index in [2.05, 4.69) is 10.3 Å². The summed E-state index contributed by atoms with van der Waals surface area (Å²) >= 11 is 1.05. The van der Waals surface area contributed by atoms with Gasteiger partial charge in [0.05, 0.1) is 0 Å². The van der Waals surface area contributed by atoms with Crippen molar-refractivity contribution in [3.8, 4) is 0 Å². The van der Waals surface area contributed by atoms with Gasteiger partial charge in [-0.05, 0) is 12.8 Å². The Morgan fingerprint density at radius 2 is 2.29 bits per heavy atom. The molecule has 5 nitrogen and oxygen atoms in total. The second kappa shape index (κ2) is 3.38. The van der Waals surface area contributed by atoms with Crippen molar-refractivity contribution in [2.75, 3.05) is 0 Å². The first-order valence-electron chi connectivity index (χ1n) is 4.16. The van der Waals surface area contributed by atoms with Crippen LogP contribution in [0.25, 0.3) is 0 Å². The van der Waals surface area contributed by atoms with Crippen molar-refractivity contribution in [3.63, 3.8) is 0 Å². The highest BCUT2D eigenvalue weighted by molar-refractivity contribution is 7.11. The Bertz CT molecular complexity index is 384. The van der Waals surface area contributed by atoms with Gasteiger partial charge in [-0.1, -0.05) is 0 Å². The average molecular weight is 212 g/mol. The molecule has 6 heteroatoms. The number of carbonyl (C=O) groups excluding carboxylic acids is 1. The Balaban J connectivity index is 2.07. The minimum absolute atomic E-state index is 0.0732. The second-order valence-electron chi connectivity index (χ2n) is 3.09. The van der Waals surface area contributed by atoms with E-state index < -0.39 is 5.97 Å². The lowest BCUT2D eigenvalue weighted by Crippen LogP contribution is -2.25. The van der Waals surface area contributed by atoms with Gasteiger partial charge in [-0.25, -0.2) is 9.78 Å². The van der Waals surface area contributed by atoms with E-state index in [1.54, 1.807) is 0 Å². The average Bonchev–Trinajstić information content (AvgIpc) is 2.81. The van der Waals surface area contributed by atoms with Gasteiger partial charge < -0.3 is 10.4 Å². The highest BCUT2D eigenvalue weighted by atomic mass is 32.1. The van der Waals surface area contributed by atoms with E-state index in [1.807, 2.05) is 0 Å². The maximum absolute atomic E-state index is 11.4. The third-order valence-corrected chi connectivity index (χ3v) is 2.67.